The molecule has 3 N–H and O–H groups in total. The Balaban J connectivity index is 1.57. The summed E-state index contributed by atoms with van der Waals surface area (Å²) in [5, 5.41) is 15.5. The van der Waals surface area contributed by atoms with Gasteiger partial charge in [-0.15, -0.1) is 0 Å². The Kier molecular flexibility index (Phi) is 4.59. The third-order valence-corrected chi connectivity index (χ3v) is 4.22. The topological polar surface area (TPSA) is 70.6 Å². The first-order chi connectivity index (χ1) is 9.32. The van der Waals surface area contributed by atoms with Crippen LogP contribution >= 0.6 is 0 Å². The molecule has 0 bridgehead atoms. The molecule has 0 radical (unpaired) electrons. The van der Waals surface area contributed by atoms with Crippen LogP contribution in [0.15, 0.2) is 0 Å². The van der Waals surface area contributed by atoms with Crippen molar-refractivity contribution < 1.29 is 14.6 Å². The van der Waals surface area contributed by atoms with Gasteiger partial charge < -0.3 is 20.5 Å². The Hall–Kier alpha value is -0.810. The van der Waals surface area contributed by atoms with Crippen molar-refractivity contribution in [3.8, 4) is 0 Å². The third-order valence-electron chi connectivity index (χ3n) is 4.22. The summed E-state index contributed by atoms with van der Waals surface area (Å²) < 4.78 is 5.24. The fourth-order valence-corrected chi connectivity index (χ4v) is 2.67. The highest BCUT2D eigenvalue weighted by Crippen LogP contribution is 2.48. The van der Waals surface area contributed by atoms with E-state index in [-0.39, 0.29) is 18.7 Å². The number of amides is 1. The minimum atomic E-state index is -0.436. The van der Waals surface area contributed by atoms with Crippen molar-refractivity contribution in [3.05, 3.63) is 0 Å². The second kappa shape index (κ2) is 5.90. The minimum Gasteiger partial charge on any atom is -0.444 e. The molecule has 0 heterocycles. The number of hydrogen-bond donors (Lipinski definition) is 3. The van der Waals surface area contributed by atoms with Crippen molar-refractivity contribution in [3.63, 3.8) is 0 Å². The predicted octanol–water partition coefficient (Wildman–Crippen LogP) is 1.79. The Morgan fingerprint density at radius 3 is 2.45 bits per heavy atom. The molecule has 2 aliphatic rings. The normalized spacial score (nSPS) is 27.6. The molecule has 0 spiro atoms. The molecule has 0 aromatic heterocycles. The molecule has 2 rings (SSSR count). The lowest BCUT2D eigenvalue weighted by molar-refractivity contribution is 0.0463. The van der Waals surface area contributed by atoms with E-state index in [0.717, 1.165) is 25.8 Å². The highest BCUT2D eigenvalue weighted by Gasteiger charge is 2.42. The molecule has 2 fully saturated rings. The number of rotatable bonds is 6. The number of aliphatic hydroxyl groups excluding tert-OH is 1. The van der Waals surface area contributed by atoms with Crippen LogP contribution in [0.3, 0.4) is 0 Å². The number of alkyl carbamates (subject to hydrolysis) is 1. The molecular formula is C15H28N2O3. The average Bonchev–Trinajstić information content (AvgIpc) is 2.99. The first-order valence-corrected chi connectivity index (χ1v) is 7.66. The molecule has 1 amide bonds. The fraction of sp³-hybridized carbons (Fsp3) is 0.933. The maximum absolute atomic E-state index is 11.6. The van der Waals surface area contributed by atoms with E-state index in [0.29, 0.717) is 11.5 Å². The molecule has 0 aliphatic heterocycles. The minimum absolute atomic E-state index is 0.232. The van der Waals surface area contributed by atoms with Gasteiger partial charge in [0, 0.05) is 25.2 Å². The zero-order valence-corrected chi connectivity index (χ0v) is 12.9. The van der Waals surface area contributed by atoms with Crippen LogP contribution in [0.25, 0.3) is 0 Å². The summed E-state index contributed by atoms with van der Waals surface area (Å²) in [5.41, 5.74) is -0.0768. The van der Waals surface area contributed by atoms with E-state index < -0.39 is 5.60 Å². The predicted molar refractivity (Wildman–Crippen MR) is 77.6 cm³/mol. The van der Waals surface area contributed by atoms with Gasteiger partial charge >= 0.3 is 6.09 Å². The molecule has 5 heteroatoms. The van der Waals surface area contributed by atoms with Crippen molar-refractivity contribution in [2.24, 2.45) is 5.41 Å². The number of hydrogen-bond acceptors (Lipinski definition) is 4. The molecule has 2 saturated carbocycles. The molecule has 2 aliphatic carbocycles. The van der Waals surface area contributed by atoms with E-state index in [1.165, 1.54) is 12.8 Å². The van der Waals surface area contributed by atoms with Gasteiger partial charge in [-0.05, 0) is 58.3 Å². The Morgan fingerprint density at radius 1 is 1.30 bits per heavy atom. The quantitative estimate of drug-likeness (QED) is 0.695. The van der Waals surface area contributed by atoms with Crippen LogP contribution in [0.4, 0.5) is 4.79 Å². The third kappa shape index (κ3) is 4.63. The van der Waals surface area contributed by atoms with Gasteiger partial charge in [-0.1, -0.05) is 0 Å². The van der Waals surface area contributed by atoms with Crippen LogP contribution in [0.5, 0.6) is 0 Å². The summed E-state index contributed by atoms with van der Waals surface area (Å²) >= 11 is 0. The van der Waals surface area contributed by atoms with Crippen molar-refractivity contribution in [2.45, 2.75) is 70.6 Å². The van der Waals surface area contributed by atoms with E-state index >= 15 is 0 Å². The van der Waals surface area contributed by atoms with E-state index in [1.54, 1.807) is 0 Å². The number of carbonyl (C=O) groups is 1. The number of aliphatic hydroxyl groups is 1. The Morgan fingerprint density at radius 2 is 1.95 bits per heavy atom. The van der Waals surface area contributed by atoms with Gasteiger partial charge in [0.15, 0.2) is 0 Å². The molecule has 0 atom stereocenters. The van der Waals surface area contributed by atoms with Crippen LogP contribution in [0.2, 0.25) is 0 Å². The van der Waals surface area contributed by atoms with E-state index in [2.05, 4.69) is 10.6 Å². The highest BCUT2D eigenvalue weighted by molar-refractivity contribution is 5.68. The second-order valence-electron chi connectivity index (χ2n) is 7.37. The average molecular weight is 284 g/mol. The van der Waals surface area contributed by atoms with E-state index in [1.807, 2.05) is 20.8 Å². The summed E-state index contributed by atoms with van der Waals surface area (Å²) in [6, 6.07) is 0.724. The van der Waals surface area contributed by atoms with Crippen LogP contribution in [-0.4, -0.2) is 42.0 Å². The molecule has 0 unspecified atom stereocenters. The Bertz CT molecular complexity index is 342. The molecule has 0 aromatic rings. The second-order valence-corrected chi connectivity index (χ2v) is 7.37. The molecular weight excluding hydrogens is 256 g/mol. The molecule has 0 saturated heterocycles. The molecule has 20 heavy (non-hydrogen) atoms. The summed E-state index contributed by atoms with van der Waals surface area (Å²) in [6.07, 6.45) is 4.98. The highest BCUT2D eigenvalue weighted by atomic mass is 16.6. The Labute approximate surface area is 121 Å². The van der Waals surface area contributed by atoms with Gasteiger partial charge in [-0.3, -0.25) is 0 Å². The lowest BCUT2D eigenvalue weighted by Gasteiger charge is -2.37. The largest absolute Gasteiger partial charge is 0.444 e. The van der Waals surface area contributed by atoms with Crippen molar-refractivity contribution in [1.82, 2.24) is 10.6 Å². The summed E-state index contributed by atoms with van der Waals surface area (Å²) in [7, 11) is 0. The van der Waals surface area contributed by atoms with Gasteiger partial charge in [0.1, 0.15) is 5.60 Å². The van der Waals surface area contributed by atoms with Crippen molar-refractivity contribution in [2.75, 3.05) is 13.2 Å². The van der Waals surface area contributed by atoms with Crippen molar-refractivity contribution in [1.29, 1.82) is 0 Å². The van der Waals surface area contributed by atoms with Crippen LogP contribution in [0, 0.1) is 5.41 Å². The van der Waals surface area contributed by atoms with Crippen LogP contribution < -0.4 is 10.6 Å². The summed E-state index contributed by atoms with van der Waals surface area (Å²) in [5.74, 6) is 0. The van der Waals surface area contributed by atoms with Crippen LogP contribution in [-0.2, 0) is 4.74 Å². The number of ether oxygens (including phenoxy) is 1. The SMILES string of the molecule is CC(C)(C)OC(=O)NC1CC(NCC2(CCO)CC2)C1. The van der Waals surface area contributed by atoms with E-state index in [9.17, 15) is 4.79 Å². The molecule has 116 valence electrons. The van der Waals surface area contributed by atoms with Crippen LogP contribution in [0.1, 0.15) is 52.9 Å². The molecule has 0 aromatic carbocycles. The molecule has 5 nitrogen and oxygen atoms in total. The smallest absolute Gasteiger partial charge is 0.407 e. The first-order valence-electron chi connectivity index (χ1n) is 7.66. The standard InChI is InChI=1S/C15H28N2O3/c1-14(2,3)20-13(19)17-12-8-11(9-12)16-10-15(4-5-15)6-7-18/h11-12,16,18H,4-10H2,1-3H3,(H,17,19). The van der Waals surface area contributed by atoms with Gasteiger partial charge in [0.05, 0.1) is 0 Å². The lowest BCUT2D eigenvalue weighted by atomic mass is 9.86. The van der Waals surface area contributed by atoms with Crippen molar-refractivity contribution >= 4 is 6.09 Å². The first kappa shape index (κ1) is 15.6. The van der Waals surface area contributed by atoms with Gasteiger partial charge in [-0.25, -0.2) is 4.79 Å². The fourth-order valence-electron chi connectivity index (χ4n) is 2.67. The maximum atomic E-state index is 11.6. The monoisotopic (exact) mass is 284 g/mol. The summed E-state index contributed by atoms with van der Waals surface area (Å²) in [4.78, 5) is 11.6. The number of nitrogens with one attached hydrogen (secondary N) is 2. The van der Waals surface area contributed by atoms with E-state index in [4.69, 9.17) is 9.84 Å². The van der Waals surface area contributed by atoms with Gasteiger partial charge in [0.25, 0.3) is 0 Å². The zero-order chi connectivity index (χ0) is 14.8. The van der Waals surface area contributed by atoms with Gasteiger partial charge in [0.2, 0.25) is 0 Å². The maximum Gasteiger partial charge on any atom is 0.407 e. The summed E-state index contributed by atoms with van der Waals surface area (Å²) in [6.45, 7) is 6.89. The van der Waals surface area contributed by atoms with Gasteiger partial charge in [-0.2, -0.15) is 0 Å². The lowest BCUT2D eigenvalue weighted by Crippen LogP contribution is -2.54. The zero-order valence-electron chi connectivity index (χ0n) is 12.9. The number of carbonyl (C=O) groups excluding carboxylic acids is 1.